The molecule has 0 N–H and O–H groups in total. The molecule has 0 aromatic rings. The molecular formula is C18H44N2O5Si2. The lowest BCUT2D eigenvalue weighted by molar-refractivity contribution is 0.0377. The molecule has 0 amide bonds. The van der Waals surface area contributed by atoms with E-state index in [2.05, 4.69) is 51.3 Å². The molecule has 0 aromatic carbocycles. The van der Waals surface area contributed by atoms with Crippen LogP contribution >= 0.6 is 0 Å². The summed E-state index contributed by atoms with van der Waals surface area (Å²) in [6.45, 7) is 16.5. The largest absolute Gasteiger partial charge is 0.511 e. The fourth-order valence-corrected chi connectivity index (χ4v) is 12.1. The zero-order valence-electron chi connectivity index (χ0n) is 19.3. The Balaban J connectivity index is 6.18. The van der Waals surface area contributed by atoms with Gasteiger partial charge in [-0.2, -0.15) is 0 Å². The molecule has 0 bridgehead atoms. The molecule has 0 saturated heterocycles. The highest BCUT2D eigenvalue weighted by molar-refractivity contribution is 6.76. The van der Waals surface area contributed by atoms with Crippen LogP contribution in [0.15, 0.2) is 0 Å². The van der Waals surface area contributed by atoms with Crippen molar-refractivity contribution >= 4 is 17.6 Å². The smallest absolute Gasteiger partial charge is 0.376 e. The Morgan fingerprint density at radius 3 is 0.963 bits per heavy atom. The molecule has 0 heterocycles. The summed E-state index contributed by atoms with van der Waals surface area (Å²) in [4.78, 5) is 4.70. The monoisotopic (exact) mass is 424 g/mol. The molecule has 0 aliphatic carbocycles. The third-order valence-electron chi connectivity index (χ3n) is 5.52. The minimum atomic E-state index is -3.09. The number of hydrogen-bond acceptors (Lipinski definition) is 7. The van der Waals surface area contributed by atoms with Crippen LogP contribution in [0.5, 0.6) is 0 Å². The molecule has 0 aliphatic heterocycles. The molecule has 0 aliphatic rings. The second-order valence-corrected chi connectivity index (χ2v) is 12.6. The molecular weight excluding hydrogens is 380 g/mol. The predicted molar refractivity (Wildman–Crippen MR) is 115 cm³/mol. The summed E-state index contributed by atoms with van der Waals surface area (Å²) < 4.78 is 30.9. The quantitative estimate of drug-likeness (QED) is 0.353. The highest BCUT2D eigenvalue weighted by atomic mass is 28.5. The van der Waals surface area contributed by atoms with Crippen molar-refractivity contribution in [3.63, 3.8) is 0 Å². The van der Waals surface area contributed by atoms with Gasteiger partial charge in [-0.25, -0.2) is 0 Å². The summed E-state index contributed by atoms with van der Waals surface area (Å²) in [5, 5.41) is 0. The molecule has 27 heavy (non-hydrogen) atoms. The maximum absolute atomic E-state index is 6.80. The molecule has 2 unspecified atom stereocenters. The van der Waals surface area contributed by atoms with Gasteiger partial charge in [0.15, 0.2) is 0 Å². The van der Waals surface area contributed by atoms with Crippen LogP contribution in [0.1, 0.15) is 54.4 Å². The van der Waals surface area contributed by atoms with Gasteiger partial charge in [0.05, 0.1) is 11.3 Å². The van der Waals surface area contributed by atoms with E-state index in [0.717, 1.165) is 39.0 Å². The zero-order chi connectivity index (χ0) is 21.1. The summed E-state index contributed by atoms with van der Waals surface area (Å²) in [7, 11) is 0.552. The first kappa shape index (κ1) is 27.2. The van der Waals surface area contributed by atoms with Crippen LogP contribution in [-0.4, -0.2) is 93.4 Å². The molecule has 2 atom stereocenters. The van der Waals surface area contributed by atoms with Crippen molar-refractivity contribution in [3.8, 4) is 0 Å². The SMILES string of the molecule is CCC(N(CC)CC)[Si](OC)(OC)O[Si](OC)(OC)C(CC)N(CC)CC. The van der Waals surface area contributed by atoms with Crippen molar-refractivity contribution in [2.75, 3.05) is 54.6 Å². The van der Waals surface area contributed by atoms with Crippen molar-refractivity contribution in [2.45, 2.75) is 65.7 Å². The molecule has 9 heteroatoms. The molecule has 0 saturated carbocycles. The topological polar surface area (TPSA) is 52.6 Å². The van der Waals surface area contributed by atoms with E-state index in [4.69, 9.17) is 21.8 Å². The summed E-state index contributed by atoms with van der Waals surface area (Å²) in [5.74, 6) is 0. The lowest BCUT2D eigenvalue weighted by Gasteiger charge is -2.46. The van der Waals surface area contributed by atoms with Gasteiger partial charge in [-0.3, -0.25) is 9.80 Å². The van der Waals surface area contributed by atoms with Crippen molar-refractivity contribution < 1.29 is 21.8 Å². The summed E-state index contributed by atoms with van der Waals surface area (Å²) in [5.41, 5.74) is 0.0998. The number of rotatable bonds is 16. The first-order valence-electron chi connectivity index (χ1n) is 10.3. The molecule has 7 nitrogen and oxygen atoms in total. The van der Waals surface area contributed by atoms with Gasteiger partial charge in [-0.15, -0.1) is 0 Å². The lowest BCUT2D eigenvalue weighted by atomic mass is 10.4. The second kappa shape index (κ2) is 13.4. The van der Waals surface area contributed by atoms with E-state index in [1.807, 2.05) is 0 Å². The van der Waals surface area contributed by atoms with E-state index in [-0.39, 0.29) is 11.3 Å². The Labute approximate surface area is 170 Å². The van der Waals surface area contributed by atoms with Crippen molar-refractivity contribution in [2.24, 2.45) is 0 Å². The van der Waals surface area contributed by atoms with Crippen molar-refractivity contribution in [1.29, 1.82) is 0 Å². The zero-order valence-corrected chi connectivity index (χ0v) is 21.3. The van der Waals surface area contributed by atoms with E-state index in [9.17, 15) is 0 Å². The minimum absolute atomic E-state index is 0.0499. The van der Waals surface area contributed by atoms with Crippen LogP contribution in [0.2, 0.25) is 0 Å². The Kier molecular flexibility index (Phi) is 13.5. The Bertz CT molecular complexity index is 343. The van der Waals surface area contributed by atoms with E-state index in [1.54, 1.807) is 28.4 Å². The van der Waals surface area contributed by atoms with Crippen LogP contribution in [-0.2, 0) is 21.8 Å². The minimum Gasteiger partial charge on any atom is -0.376 e. The maximum Gasteiger partial charge on any atom is 0.511 e. The van der Waals surface area contributed by atoms with E-state index in [1.165, 1.54) is 0 Å². The molecule has 0 fully saturated rings. The van der Waals surface area contributed by atoms with E-state index in [0.29, 0.717) is 0 Å². The van der Waals surface area contributed by atoms with Crippen LogP contribution in [0, 0.1) is 0 Å². The molecule has 0 rings (SSSR count). The first-order valence-corrected chi connectivity index (χ1v) is 13.9. The van der Waals surface area contributed by atoms with Gasteiger partial charge in [-0.05, 0) is 39.0 Å². The van der Waals surface area contributed by atoms with Crippen molar-refractivity contribution in [3.05, 3.63) is 0 Å². The number of hydrogen-bond donors (Lipinski definition) is 0. The molecule has 0 aromatic heterocycles. The first-order chi connectivity index (χ1) is 12.9. The van der Waals surface area contributed by atoms with Crippen molar-refractivity contribution in [1.82, 2.24) is 9.80 Å². The normalized spacial score (nSPS) is 15.6. The van der Waals surface area contributed by atoms with E-state index >= 15 is 0 Å². The molecule has 0 spiro atoms. The van der Waals surface area contributed by atoms with Gasteiger partial charge in [-0.1, -0.05) is 41.5 Å². The number of nitrogens with zero attached hydrogens (tertiary/aromatic N) is 2. The highest BCUT2D eigenvalue weighted by Crippen LogP contribution is 2.30. The summed E-state index contributed by atoms with van der Waals surface area (Å²) >= 11 is 0. The average molecular weight is 425 g/mol. The van der Waals surface area contributed by atoms with Gasteiger partial charge in [0, 0.05) is 28.4 Å². The fraction of sp³-hybridized carbons (Fsp3) is 1.00. The average Bonchev–Trinajstić information content (AvgIpc) is 2.72. The van der Waals surface area contributed by atoms with Crippen LogP contribution in [0.4, 0.5) is 0 Å². The van der Waals surface area contributed by atoms with Crippen LogP contribution in [0.3, 0.4) is 0 Å². The van der Waals surface area contributed by atoms with Crippen LogP contribution < -0.4 is 0 Å². The third-order valence-corrected chi connectivity index (χ3v) is 13.3. The predicted octanol–water partition coefficient (Wildman–Crippen LogP) is 2.79. The van der Waals surface area contributed by atoms with Crippen LogP contribution in [0.25, 0.3) is 0 Å². The second-order valence-electron chi connectivity index (χ2n) is 6.42. The van der Waals surface area contributed by atoms with Gasteiger partial charge >= 0.3 is 17.6 Å². The Morgan fingerprint density at radius 1 is 0.556 bits per heavy atom. The Morgan fingerprint density at radius 2 is 0.815 bits per heavy atom. The molecule has 164 valence electrons. The lowest BCUT2D eigenvalue weighted by Crippen LogP contribution is -2.72. The standard InChI is InChI=1S/C18H44N2O5Si2/c1-11-17(19(13-3)14-4)26(21-7,22-8)25-27(23-9,24-10)18(12-2)20(15-5)16-6/h17-18H,11-16H2,1-10H3. The Hall–Kier alpha value is 0.154. The maximum atomic E-state index is 6.80. The van der Waals surface area contributed by atoms with Gasteiger partial charge in [0.25, 0.3) is 0 Å². The molecule has 0 radical (unpaired) electrons. The third kappa shape index (κ3) is 6.07. The van der Waals surface area contributed by atoms with Gasteiger partial charge in [0.2, 0.25) is 0 Å². The summed E-state index contributed by atoms with van der Waals surface area (Å²) in [6.07, 6.45) is 1.74. The highest BCUT2D eigenvalue weighted by Gasteiger charge is 2.61. The van der Waals surface area contributed by atoms with Gasteiger partial charge in [0.1, 0.15) is 0 Å². The summed E-state index contributed by atoms with van der Waals surface area (Å²) in [6, 6.07) is 0. The van der Waals surface area contributed by atoms with E-state index < -0.39 is 17.6 Å². The van der Waals surface area contributed by atoms with Gasteiger partial charge < -0.3 is 21.8 Å². The fourth-order valence-electron chi connectivity index (χ4n) is 4.00.